The molecule has 6 nitrogen and oxygen atoms in total. The number of hydrogen-bond acceptors (Lipinski definition) is 3. The van der Waals surface area contributed by atoms with Gasteiger partial charge in [0.05, 0.1) is 6.04 Å². The fourth-order valence-electron chi connectivity index (χ4n) is 5.65. The fourth-order valence-corrected chi connectivity index (χ4v) is 5.65. The minimum Gasteiger partial charge on any atom is -0.329 e. The summed E-state index contributed by atoms with van der Waals surface area (Å²) in [6.07, 6.45) is 3.23. The van der Waals surface area contributed by atoms with Gasteiger partial charge in [-0.25, -0.2) is 4.39 Å². The first-order valence-corrected chi connectivity index (χ1v) is 10.6. The third-order valence-corrected chi connectivity index (χ3v) is 7.04. The number of halogens is 1. The number of aryl methyl sites for hydroxylation is 1. The van der Waals surface area contributed by atoms with Crippen LogP contribution >= 0.6 is 0 Å². The number of H-pyrrole nitrogens is 1. The zero-order valence-electron chi connectivity index (χ0n) is 16.8. The van der Waals surface area contributed by atoms with E-state index in [1.165, 1.54) is 12.1 Å². The molecule has 31 heavy (non-hydrogen) atoms. The van der Waals surface area contributed by atoms with E-state index in [1.54, 1.807) is 17.0 Å². The van der Waals surface area contributed by atoms with Crippen molar-refractivity contribution in [1.82, 2.24) is 15.1 Å². The largest absolute Gasteiger partial charge is 0.329 e. The van der Waals surface area contributed by atoms with Crippen LogP contribution < -0.4 is 5.32 Å². The number of hydrogen-bond donors (Lipinski definition) is 2. The Morgan fingerprint density at radius 1 is 1.13 bits per heavy atom. The van der Waals surface area contributed by atoms with E-state index in [0.29, 0.717) is 18.7 Å². The first-order valence-electron chi connectivity index (χ1n) is 10.6. The number of likely N-dealkylation sites (tertiary alicyclic amines) is 1. The number of aromatic nitrogens is 2. The maximum Gasteiger partial charge on any atom is 0.275 e. The van der Waals surface area contributed by atoms with E-state index in [9.17, 15) is 14.0 Å². The molecule has 1 aliphatic carbocycles. The van der Waals surface area contributed by atoms with Crippen LogP contribution in [-0.4, -0.2) is 33.5 Å². The summed E-state index contributed by atoms with van der Waals surface area (Å²) in [5.41, 5.74) is 3.95. The predicted molar refractivity (Wildman–Crippen MR) is 112 cm³/mol. The van der Waals surface area contributed by atoms with E-state index in [2.05, 4.69) is 15.5 Å². The maximum atomic E-state index is 13.7. The first-order chi connectivity index (χ1) is 15.1. The van der Waals surface area contributed by atoms with Crippen LogP contribution in [0.15, 0.2) is 48.5 Å². The molecule has 0 radical (unpaired) electrons. The van der Waals surface area contributed by atoms with Crippen molar-refractivity contribution >= 4 is 17.5 Å². The zero-order valence-corrected chi connectivity index (χ0v) is 16.8. The number of rotatable bonds is 2. The number of para-hydroxylation sites is 1. The van der Waals surface area contributed by atoms with Crippen LogP contribution in [0.25, 0.3) is 0 Å². The Morgan fingerprint density at radius 2 is 1.94 bits per heavy atom. The van der Waals surface area contributed by atoms with Crippen LogP contribution in [0, 0.1) is 5.82 Å². The molecule has 2 N–H and O–H groups in total. The van der Waals surface area contributed by atoms with Crippen molar-refractivity contribution in [1.29, 1.82) is 0 Å². The van der Waals surface area contributed by atoms with Crippen molar-refractivity contribution in [2.75, 3.05) is 11.9 Å². The second kappa shape index (κ2) is 6.51. The average molecular weight is 416 g/mol. The molecule has 2 aliphatic heterocycles. The molecule has 156 valence electrons. The van der Waals surface area contributed by atoms with Gasteiger partial charge in [-0.3, -0.25) is 14.7 Å². The molecule has 2 amide bonds. The van der Waals surface area contributed by atoms with Crippen molar-refractivity contribution in [2.45, 2.75) is 37.1 Å². The molecule has 2 atom stereocenters. The minimum atomic E-state index is -0.913. The minimum absolute atomic E-state index is 0.120. The van der Waals surface area contributed by atoms with Gasteiger partial charge in [-0.05, 0) is 55.0 Å². The number of benzene rings is 2. The second-order valence-corrected chi connectivity index (χ2v) is 8.56. The van der Waals surface area contributed by atoms with Crippen LogP contribution in [0.1, 0.15) is 51.8 Å². The molecular formula is C24H21FN4O2. The van der Waals surface area contributed by atoms with Crippen LogP contribution in [0.3, 0.4) is 0 Å². The molecule has 0 bridgehead atoms. The smallest absolute Gasteiger partial charge is 0.275 e. The monoisotopic (exact) mass is 416 g/mol. The van der Waals surface area contributed by atoms with E-state index >= 15 is 0 Å². The highest BCUT2D eigenvalue weighted by Gasteiger charge is 2.59. The summed E-state index contributed by atoms with van der Waals surface area (Å²) in [6, 6.07) is 13.2. The SMILES string of the molecule is O=C(c1n[nH]c2c1CCC2)N1CC[C@]2(C(=O)Nc3ccccc32)[C@@H]1c1ccc(F)cc1. The van der Waals surface area contributed by atoms with Gasteiger partial charge in [-0.1, -0.05) is 30.3 Å². The summed E-state index contributed by atoms with van der Waals surface area (Å²) in [6.45, 7) is 0.421. The van der Waals surface area contributed by atoms with Gasteiger partial charge in [0, 0.05) is 23.5 Å². The normalized spacial score (nSPS) is 23.8. The van der Waals surface area contributed by atoms with Gasteiger partial charge in [0.2, 0.25) is 5.91 Å². The number of nitrogens with zero attached hydrogens (tertiary/aromatic N) is 2. The lowest BCUT2D eigenvalue weighted by atomic mass is 9.72. The molecule has 3 aliphatic rings. The van der Waals surface area contributed by atoms with Crippen molar-refractivity contribution in [3.8, 4) is 0 Å². The molecule has 1 saturated heterocycles. The lowest BCUT2D eigenvalue weighted by Gasteiger charge is -2.34. The molecule has 6 rings (SSSR count). The van der Waals surface area contributed by atoms with Crippen LogP contribution in [-0.2, 0) is 23.1 Å². The van der Waals surface area contributed by atoms with Gasteiger partial charge in [0.15, 0.2) is 5.69 Å². The number of nitrogens with one attached hydrogen (secondary N) is 2. The lowest BCUT2D eigenvalue weighted by molar-refractivity contribution is -0.121. The average Bonchev–Trinajstić information content (AvgIpc) is 3.53. The quantitative estimate of drug-likeness (QED) is 0.671. The highest BCUT2D eigenvalue weighted by molar-refractivity contribution is 6.08. The van der Waals surface area contributed by atoms with Crippen molar-refractivity contribution < 1.29 is 14.0 Å². The van der Waals surface area contributed by atoms with Crippen molar-refractivity contribution in [3.05, 3.63) is 82.4 Å². The molecule has 3 aromatic rings. The van der Waals surface area contributed by atoms with E-state index < -0.39 is 11.5 Å². The molecule has 1 spiro atoms. The Kier molecular flexibility index (Phi) is 3.84. The number of anilines is 1. The molecule has 2 aromatic carbocycles. The lowest BCUT2D eigenvalue weighted by Crippen LogP contribution is -2.42. The van der Waals surface area contributed by atoms with Gasteiger partial charge in [-0.2, -0.15) is 5.10 Å². The van der Waals surface area contributed by atoms with E-state index in [0.717, 1.165) is 47.3 Å². The summed E-state index contributed by atoms with van der Waals surface area (Å²) < 4.78 is 13.7. The summed E-state index contributed by atoms with van der Waals surface area (Å²) >= 11 is 0. The van der Waals surface area contributed by atoms with Crippen molar-refractivity contribution in [2.24, 2.45) is 0 Å². The molecule has 1 aromatic heterocycles. The number of fused-ring (bicyclic) bond motifs is 3. The standard InChI is InChI=1S/C24H21FN4O2/c25-15-10-8-14(9-11-15)21-24(17-5-1-2-6-19(17)26-23(24)31)12-13-29(21)22(30)20-16-4-3-7-18(16)27-28-20/h1-2,5-6,8-11,21H,3-4,7,12-13H2,(H,26,31)(H,27,28)/t21-,24+/m0/s1. The highest BCUT2D eigenvalue weighted by Crippen LogP contribution is 2.55. The summed E-state index contributed by atoms with van der Waals surface area (Å²) in [5.74, 6) is -0.650. The molecule has 0 unspecified atom stereocenters. The van der Waals surface area contributed by atoms with Gasteiger partial charge in [0.1, 0.15) is 11.2 Å². The Hall–Kier alpha value is -3.48. The fraction of sp³-hybridized carbons (Fsp3) is 0.292. The number of carbonyl (C=O) groups is 2. The first kappa shape index (κ1) is 18.3. The van der Waals surface area contributed by atoms with Crippen LogP contribution in [0.5, 0.6) is 0 Å². The number of aromatic amines is 1. The summed E-state index contributed by atoms with van der Waals surface area (Å²) in [5, 5.41) is 10.3. The Morgan fingerprint density at radius 3 is 2.77 bits per heavy atom. The molecular weight excluding hydrogens is 395 g/mol. The Balaban J connectivity index is 1.50. The topological polar surface area (TPSA) is 78.1 Å². The molecule has 1 fully saturated rings. The van der Waals surface area contributed by atoms with E-state index in [-0.39, 0.29) is 17.6 Å². The van der Waals surface area contributed by atoms with E-state index in [1.807, 2.05) is 24.3 Å². The maximum absolute atomic E-state index is 13.7. The summed E-state index contributed by atoms with van der Waals surface area (Å²) in [7, 11) is 0. The number of carbonyl (C=O) groups excluding carboxylic acids is 2. The zero-order chi connectivity index (χ0) is 21.2. The Bertz CT molecular complexity index is 1220. The van der Waals surface area contributed by atoms with E-state index in [4.69, 9.17) is 0 Å². The van der Waals surface area contributed by atoms with Gasteiger partial charge >= 0.3 is 0 Å². The van der Waals surface area contributed by atoms with Crippen LogP contribution in [0.4, 0.5) is 10.1 Å². The predicted octanol–water partition coefficient (Wildman–Crippen LogP) is 3.51. The molecule has 3 heterocycles. The second-order valence-electron chi connectivity index (χ2n) is 8.56. The highest BCUT2D eigenvalue weighted by atomic mass is 19.1. The van der Waals surface area contributed by atoms with Crippen LogP contribution in [0.2, 0.25) is 0 Å². The third-order valence-electron chi connectivity index (χ3n) is 7.04. The third kappa shape index (κ3) is 2.46. The number of amides is 2. The summed E-state index contributed by atoms with van der Waals surface area (Å²) in [4.78, 5) is 28.9. The van der Waals surface area contributed by atoms with Gasteiger partial charge in [0.25, 0.3) is 5.91 Å². The van der Waals surface area contributed by atoms with Crippen molar-refractivity contribution in [3.63, 3.8) is 0 Å². The Labute approximate surface area is 178 Å². The van der Waals surface area contributed by atoms with Gasteiger partial charge < -0.3 is 10.2 Å². The van der Waals surface area contributed by atoms with Gasteiger partial charge in [-0.15, -0.1) is 0 Å². The molecule has 0 saturated carbocycles. The molecule has 7 heteroatoms.